The van der Waals surface area contributed by atoms with Crippen LogP contribution in [0.3, 0.4) is 0 Å². The van der Waals surface area contributed by atoms with Gasteiger partial charge in [0, 0.05) is 18.5 Å². The van der Waals surface area contributed by atoms with Crippen molar-refractivity contribution in [3.05, 3.63) is 94.8 Å². The van der Waals surface area contributed by atoms with Gasteiger partial charge in [-0.05, 0) is 42.8 Å². The average Bonchev–Trinajstić information content (AvgIpc) is 3.38. The summed E-state index contributed by atoms with van der Waals surface area (Å²) in [6, 6.07) is 22.1. The number of carbonyl (C=O) groups is 1. The SMILES string of the molecule is COc1ccc(-c2noc(CCN(C(=O)c3ccccc3Cl)C(C)c3ccccc3)n2)cc1OC. The van der Waals surface area contributed by atoms with E-state index < -0.39 is 0 Å². The predicted molar refractivity (Wildman–Crippen MR) is 134 cm³/mol. The Morgan fingerprint density at radius 3 is 2.43 bits per heavy atom. The van der Waals surface area contributed by atoms with Crippen LogP contribution in [0.4, 0.5) is 0 Å². The molecule has 8 heteroatoms. The van der Waals surface area contributed by atoms with Gasteiger partial charge in [-0.3, -0.25) is 4.79 Å². The van der Waals surface area contributed by atoms with Crippen LogP contribution in [-0.4, -0.2) is 41.7 Å². The summed E-state index contributed by atoms with van der Waals surface area (Å²) < 4.78 is 16.1. The number of hydrogen-bond acceptors (Lipinski definition) is 6. The van der Waals surface area contributed by atoms with Gasteiger partial charge in [0.25, 0.3) is 5.91 Å². The monoisotopic (exact) mass is 491 g/mol. The van der Waals surface area contributed by atoms with Crippen LogP contribution in [0.5, 0.6) is 11.5 Å². The summed E-state index contributed by atoms with van der Waals surface area (Å²) in [6.07, 6.45) is 0.383. The summed E-state index contributed by atoms with van der Waals surface area (Å²) in [4.78, 5) is 19.8. The summed E-state index contributed by atoms with van der Waals surface area (Å²) in [5, 5.41) is 4.52. The third-order valence-corrected chi connectivity index (χ3v) is 6.12. The van der Waals surface area contributed by atoms with E-state index in [1.54, 1.807) is 55.5 Å². The van der Waals surface area contributed by atoms with Crippen LogP contribution >= 0.6 is 11.6 Å². The Labute approximate surface area is 209 Å². The average molecular weight is 492 g/mol. The highest BCUT2D eigenvalue weighted by Crippen LogP contribution is 2.31. The molecule has 0 N–H and O–H groups in total. The van der Waals surface area contributed by atoms with Crippen molar-refractivity contribution in [1.82, 2.24) is 15.0 Å². The summed E-state index contributed by atoms with van der Waals surface area (Å²) in [5.41, 5.74) is 2.21. The van der Waals surface area contributed by atoms with Gasteiger partial charge in [-0.15, -0.1) is 0 Å². The minimum Gasteiger partial charge on any atom is -0.493 e. The fourth-order valence-electron chi connectivity index (χ4n) is 3.84. The zero-order valence-electron chi connectivity index (χ0n) is 19.8. The molecule has 1 aromatic heterocycles. The number of ether oxygens (including phenoxy) is 2. The lowest BCUT2D eigenvalue weighted by Gasteiger charge is -2.29. The smallest absolute Gasteiger partial charge is 0.255 e. The molecule has 0 saturated heterocycles. The highest BCUT2D eigenvalue weighted by atomic mass is 35.5. The fraction of sp³-hybridized carbons (Fsp3) is 0.222. The number of methoxy groups -OCH3 is 2. The molecule has 0 bridgehead atoms. The number of carbonyl (C=O) groups excluding carboxylic acids is 1. The lowest BCUT2D eigenvalue weighted by molar-refractivity contribution is 0.0689. The Bertz CT molecular complexity index is 1290. The fourth-order valence-corrected chi connectivity index (χ4v) is 4.05. The zero-order chi connectivity index (χ0) is 24.8. The molecule has 35 heavy (non-hydrogen) atoms. The highest BCUT2D eigenvalue weighted by molar-refractivity contribution is 6.33. The van der Waals surface area contributed by atoms with Gasteiger partial charge < -0.3 is 18.9 Å². The Kier molecular flexibility index (Phi) is 7.67. The van der Waals surface area contributed by atoms with E-state index in [0.29, 0.717) is 46.8 Å². The lowest BCUT2D eigenvalue weighted by atomic mass is 10.0. The van der Waals surface area contributed by atoms with Crippen LogP contribution in [0.25, 0.3) is 11.4 Å². The van der Waals surface area contributed by atoms with Gasteiger partial charge in [0.1, 0.15) is 0 Å². The summed E-state index contributed by atoms with van der Waals surface area (Å²) in [5.74, 6) is 1.88. The number of amides is 1. The van der Waals surface area contributed by atoms with E-state index in [0.717, 1.165) is 11.1 Å². The van der Waals surface area contributed by atoms with Crippen LogP contribution in [0.15, 0.2) is 77.3 Å². The number of nitrogens with zero attached hydrogens (tertiary/aromatic N) is 3. The van der Waals surface area contributed by atoms with Crippen molar-refractivity contribution in [2.75, 3.05) is 20.8 Å². The molecule has 0 fully saturated rings. The first-order chi connectivity index (χ1) is 17.0. The van der Waals surface area contributed by atoms with Crippen LogP contribution in [0, 0.1) is 0 Å². The van der Waals surface area contributed by atoms with E-state index >= 15 is 0 Å². The molecule has 7 nitrogen and oxygen atoms in total. The van der Waals surface area contributed by atoms with Crippen molar-refractivity contribution >= 4 is 17.5 Å². The Balaban J connectivity index is 1.56. The van der Waals surface area contributed by atoms with E-state index in [2.05, 4.69) is 10.1 Å². The second kappa shape index (κ2) is 11.1. The van der Waals surface area contributed by atoms with Crippen LogP contribution in [0.2, 0.25) is 5.02 Å². The van der Waals surface area contributed by atoms with Crippen molar-refractivity contribution < 1.29 is 18.8 Å². The van der Waals surface area contributed by atoms with Crippen molar-refractivity contribution in [1.29, 1.82) is 0 Å². The van der Waals surface area contributed by atoms with Gasteiger partial charge in [-0.25, -0.2) is 0 Å². The molecule has 4 rings (SSSR count). The molecule has 1 heterocycles. The van der Waals surface area contributed by atoms with Gasteiger partial charge in [-0.2, -0.15) is 4.98 Å². The predicted octanol–water partition coefficient (Wildman–Crippen LogP) is 5.85. The molecule has 0 radical (unpaired) electrons. The minimum atomic E-state index is -0.187. The second-order valence-electron chi connectivity index (χ2n) is 7.90. The van der Waals surface area contributed by atoms with Crippen LogP contribution < -0.4 is 9.47 Å². The van der Waals surface area contributed by atoms with Crippen LogP contribution in [0.1, 0.15) is 34.8 Å². The minimum absolute atomic E-state index is 0.161. The topological polar surface area (TPSA) is 77.7 Å². The van der Waals surface area contributed by atoms with Crippen molar-refractivity contribution in [3.8, 4) is 22.9 Å². The Hall–Kier alpha value is -3.84. The number of halogens is 1. The molecule has 0 spiro atoms. The van der Waals surface area contributed by atoms with Gasteiger partial charge in [0.15, 0.2) is 11.5 Å². The molecule has 1 amide bonds. The highest BCUT2D eigenvalue weighted by Gasteiger charge is 2.25. The number of aromatic nitrogens is 2. The molecule has 0 aliphatic rings. The molecule has 180 valence electrons. The van der Waals surface area contributed by atoms with Crippen molar-refractivity contribution in [3.63, 3.8) is 0 Å². The quantitative estimate of drug-likeness (QED) is 0.292. The molecular weight excluding hydrogens is 466 g/mol. The second-order valence-corrected chi connectivity index (χ2v) is 8.30. The van der Waals surface area contributed by atoms with Gasteiger partial charge in [0.05, 0.1) is 30.8 Å². The largest absolute Gasteiger partial charge is 0.493 e. The van der Waals surface area contributed by atoms with E-state index in [9.17, 15) is 4.79 Å². The Morgan fingerprint density at radius 1 is 1.00 bits per heavy atom. The molecule has 1 unspecified atom stereocenters. The van der Waals surface area contributed by atoms with E-state index in [4.69, 9.17) is 25.6 Å². The van der Waals surface area contributed by atoms with Gasteiger partial charge in [-0.1, -0.05) is 59.2 Å². The van der Waals surface area contributed by atoms with Gasteiger partial charge >= 0.3 is 0 Å². The normalized spacial score (nSPS) is 11.7. The maximum absolute atomic E-state index is 13.5. The maximum atomic E-state index is 13.5. The van der Waals surface area contributed by atoms with Crippen molar-refractivity contribution in [2.24, 2.45) is 0 Å². The van der Waals surface area contributed by atoms with E-state index in [1.165, 1.54) is 0 Å². The Morgan fingerprint density at radius 2 is 1.71 bits per heavy atom. The molecule has 3 aromatic carbocycles. The summed E-state index contributed by atoms with van der Waals surface area (Å²) in [6.45, 7) is 2.36. The standard InChI is InChI=1S/C27H26ClN3O4/c1-18(19-9-5-4-6-10-19)31(27(32)21-11-7-8-12-22(21)28)16-15-25-29-26(30-35-25)20-13-14-23(33-2)24(17-20)34-3/h4-14,17-18H,15-16H2,1-3H3. The molecule has 0 aliphatic heterocycles. The molecule has 0 saturated carbocycles. The number of hydrogen-bond donors (Lipinski definition) is 0. The first-order valence-corrected chi connectivity index (χ1v) is 11.5. The zero-order valence-corrected chi connectivity index (χ0v) is 20.5. The molecule has 0 aliphatic carbocycles. The van der Waals surface area contributed by atoms with Crippen molar-refractivity contribution in [2.45, 2.75) is 19.4 Å². The summed E-state index contributed by atoms with van der Waals surface area (Å²) >= 11 is 6.34. The third kappa shape index (κ3) is 5.46. The number of benzene rings is 3. The van der Waals surface area contributed by atoms with Crippen LogP contribution in [-0.2, 0) is 6.42 Å². The van der Waals surface area contributed by atoms with E-state index in [1.807, 2.05) is 43.3 Å². The molecular formula is C27H26ClN3O4. The van der Waals surface area contributed by atoms with Gasteiger partial charge in [0.2, 0.25) is 11.7 Å². The molecule has 4 aromatic rings. The first-order valence-electron chi connectivity index (χ1n) is 11.2. The lowest BCUT2D eigenvalue weighted by Crippen LogP contribution is -2.35. The molecule has 1 atom stereocenters. The number of rotatable bonds is 9. The van der Waals surface area contributed by atoms with E-state index in [-0.39, 0.29) is 11.9 Å². The maximum Gasteiger partial charge on any atom is 0.255 e. The summed E-state index contributed by atoms with van der Waals surface area (Å²) in [7, 11) is 3.15. The first kappa shape index (κ1) is 24.3. The third-order valence-electron chi connectivity index (χ3n) is 5.79.